The van der Waals surface area contributed by atoms with Gasteiger partial charge in [0.25, 0.3) is 11.8 Å². The minimum Gasteiger partial charge on any atom is -0.493 e. The van der Waals surface area contributed by atoms with Crippen LogP contribution in [0.5, 0.6) is 17.4 Å². The molecule has 1 unspecified atom stereocenters. The number of anilines is 1. The van der Waals surface area contributed by atoms with Gasteiger partial charge in [-0.05, 0) is 42.8 Å². The lowest BCUT2D eigenvalue weighted by Crippen LogP contribution is -2.21. The first-order valence-corrected chi connectivity index (χ1v) is 11.8. The first-order chi connectivity index (χ1) is 15.8. The topological polar surface area (TPSA) is 114 Å². The number of nitrogens with one attached hydrogen (secondary N) is 2. The van der Waals surface area contributed by atoms with E-state index in [1.165, 1.54) is 49.8 Å². The van der Waals surface area contributed by atoms with Crippen LogP contribution in [0.2, 0.25) is 5.02 Å². The van der Waals surface area contributed by atoms with Crippen molar-refractivity contribution in [3.05, 3.63) is 64.3 Å². The van der Waals surface area contributed by atoms with Crippen molar-refractivity contribution in [1.82, 2.24) is 10.2 Å². The van der Waals surface area contributed by atoms with Crippen LogP contribution in [0.15, 0.2) is 47.4 Å². The fourth-order valence-electron chi connectivity index (χ4n) is 2.96. The molecule has 8 nitrogen and oxygen atoms in total. The van der Waals surface area contributed by atoms with Crippen LogP contribution in [0, 0.1) is 11.7 Å². The molecule has 0 spiro atoms. The van der Waals surface area contributed by atoms with E-state index in [-0.39, 0.29) is 27.1 Å². The molecule has 1 aromatic heterocycles. The largest absolute Gasteiger partial charge is 0.493 e. The molecule has 13 heteroatoms. The van der Waals surface area contributed by atoms with Gasteiger partial charge < -0.3 is 14.8 Å². The van der Waals surface area contributed by atoms with E-state index in [0.29, 0.717) is 0 Å². The van der Waals surface area contributed by atoms with E-state index >= 15 is 0 Å². The number of alkyl halides is 3. The molecule has 2 aromatic carbocycles. The third kappa shape index (κ3) is 5.39. The lowest BCUT2D eigenvalue weighted by atomic mass is 10.1. The Hall–Kier alpha value is -3.38. The van der Waals surface area contributed by atoms with Gasteiger partial charge in [0.1, 0.15) is 5.56 Å². The maximum absolute atomic E-state index is 13.5. The molecular formula is C21H18ClF3N4O4S. The number of rotatable bonds is 6. The van der Waals surface area contributed by atoms with Gasteiger partial charge in [-0.3, -0.25) is 4.79 Å². The zero-order valence-corrected chi connectivity index (χ0v) is 19.6. The number of amides is 1. The number of halogens is 4. The molecule has 0 aliphatic rings. The van der Waals surface area contributed by atoms with Crippen molar-refractivity contribution in [3.8, 4) is 17.4 Å². The number of nitrogens with zero attached hydrogens (tertiary/aromatic N) is 2. The molecular weight excluding hydrogens is 497 g/mol. The van der Waals surface area contributed by atoms with Crippen LogP contribution in [0.25, 0.3) is 0 Å². The number of benzene rings is 2. The Kier molecular flexibility index (Phi) is 7.03. The minimum atomic E-state index is -4.88. The maximum Gasteiger partial charge on any atom is 0.435 e. The summed E-state index contributed by atoms with van der Waals surface area (Å²) in [5.74, 6) is -1.45. The molecule has 180 valence electrons. The van der Waals surface area contributed by atoms with Crippen LogP contribution >= 0.6 is 11.6 Å². The number of aromatic nitrogens is 2. The molecule has 3 aromatic rings. The molecule has 1 atom stereocenters. The Bertz CT molecular complexity index is 1360. The van der Waals surface area contributed by atoms with Crippen LogP contribution in [0.4, 0.5) is 18.9 Å². The molecule has 2 N–H and O–H groups in total. The average Bonchev–Trinajstić information content (AvgIpc) is 2.73. The monoisotopic (exact) mass is 514 g/mol. The predicted molar refractivity (Wildman–Crippen MR) is 119 cm³/mol. The first kappa shape index (κ1) is 25.2. The molecule has 3 rings (SSSR count). The van der Waals surface area contributed by atoms with E-state index in [4.69, 9.17) is 25.9 Å². The normalized spacial score (nSPS) is 13.1. The van der Waals surface area contributed by atoms with Gasteiger partial charge in [-0.2, -0.15) is 13.2 Å². The number of hydrogen-bond donors (Lipinski definition) is 2. The Morgan fingerprint density at radius 2 is 1.85 bits per heavy atom. The summed E-state index contributed by atoms with van der Waals surface area (Å²) in [6.45, 7) is 1.06. The summed E-state index contributed by atoms with van der Waals surface area (Å²) in [5.41, 5.74) is -2.34. The summed E-state index contributed by atoms with van der Waals surface area (Å²) in [6.07, 6.45) is -3.69. The second-order valence-corrected chi connectivity index (χ2v) is 9.62. The molecule has 1 heterocycles. The standard InChI is InChI=1S/C21H18ClF3N4O4S/c1-11-16(19(30)27-12-6-4-7-13(10-12)34(3,26)31)20(29-28-18(11)21(23,24)25)33-17-14(22)8-5-9-15(17)32-2/h4-10,26H,1-3H3,(H,27,30). The third-order valence-corrected chi connectivity index (χ3v) is 6.02. The quantitative estimate of drug-likeness (QED) is 0.446. The second-order valence-electron chi connectivity index (χ2n) is 7.05. The highest BCUT2D eigenvalue weighted by Crippen LogP contribution is 2.40. The highest BCUT2D eigenvalue weighted by molar-refractivity contribution is 7.91. The van der Waals surface area contributed by atoms with Crippen molar-refractivity contribution in [1.29, 1.82) is 4.78 Å². The summed E-state index contributed by atoms with van der Waals surface area (Å²) >= 11 is 6.14. The summed E-state index contributed by atoms with van der Waals surface area (Å²) in [7, 11) is -1.76. The third-order valence-electron chi connectivity index (χ3n) is 4.57. The van der Waals surface area contributed by atoms with Gasteiger partial charge >= 0.3 is 6.18 Å². The van der Waals surface area contributed by atoms with Gasteiger partial charge in [-0.25, -0.2) is 8.99 Å². The highest BCUT2D eigenvalue weighted by atomic mass is 35.5. The van der Waals surface area contributed by atoms with Crippen LogP contribution in [-0.4, -0.2) is 33.7 Å². The fraction of sp³-hybridized carbons (Fsp3) is 0.190. The van der Waals surface area contributed by atoms with Crippen molar-refractivity contribution in [2.24, 2.45) is 0 Å². The SMILES string of the molecule is COc1cccc(Cl)c1Oc1nnc(C(F)(F)F)c(C)c1C(=O)Nc1cccc(S(C)(=N)=O)c1. The Labute approximate surface area is 198 Å². The summed E-state index contributed by atoms with van der Waals surface area (Å²) in [4.78, 5) is 13.2. The Morgan fingerprint density at radius 1 is 1.18 bits per heavy atom. The van der Waals surface area contributed by atoms with Crippen molar-refractivity contribution in [2.45, 2.75) is 18.0 Å². The highest BCUT2D eigenvalue weighted by Gasteiger charge is 2.38. The number of ether oxygens (including phenoxy) is 2. The smallest absolute Gasteiger partial charge is 0.435 e. The van der Waals surface area contributed by atoms with Gasteiger partial charge in [0, 0.05) is 16.8 Å². The van der Waals surface area contributed by atoms with Crippen molar-refractivity contribution < 1.29 is 31.6 Å². The summed E-state index contributed by atoms with van der Waals surface area (Å²) in [5, 5.41) is 9.19. The molecule has 0 saturated carbocycles. The number of carbonyl (C=O) groups excluding carboxylic acids is 1. The summed E-state index contributed by atoms with van der Waals surface area (Å²) in [6, 6.07) is 10.1. The molecule has 34 heavy (non-hydrogen) atoms. The molecule has 0 fully saturated rings. The van der Waals surface area contributed by atoms with Crippen molar-refractivity contribution >= 4 is 32.9 Å². The van der Waals surface area contributed by atoms with E-state index in [1.807, 2.05) is 0 Å². The predicted octanol–water partition coefficient (Wildman–Crippen LogP) is 5.55. The van der Waals surface area contributed by atoms with Gasteiger partial charge in [0.2, 0.25) is 0 Å². The van der Waals surface area contributed by atoms with Crippen LogP contribution in [0.3, 0.4) is 0 Å². The zero-order chi connectivity index (χ0) is 25.3. The minimum absolute atomic E-state index is 0.0610. The number of hydrogen-bond acceptors (Lipinski definition) is 7. The molecule has 1 amide bonds. The molecule has 0 bridgehead atoms. The Balaban J connectivity index is 2.12. The number of carbonyl (C=O) groups is 1. The Morgan fingerprint density at radius 3 is 2.47 bits per heavy atom. The average molecular weight is 515 g/mol. The molecule has 0 aliphatic heterocycles. The van der Waals surface area contributed by atoms with Crippen LogP contribution < -0.4 is 14.8 Å². The summed E-state index contributed by atoms with van der Waals surface area (Å²) < 4.78 is 70.9. The lowest BCUT2D eigenvalue weighted by Gasteiger charge is -2.17. The molecule has 0 aliphatic carbocycles. The van der Waals surface area contributed by atoms with Gasteiger partial charge in [-0.1, -0.05) is 23.7 Å². The zero-order valence-electron chi connectivity index (χ0n) is 18.0. The second kappa shape index (κ2) is 9.47. The van der Waals surface area contributed by atoms with E-state index < -0.39 is 44.5 Å². The maximum atomic E-state index is 13.5. The van der Waals surface area contributed by atoms with Gasteiger partial charge in [-0.15, -0.1) is 10.2 Å². The first-order valence-electron chi connectivity index (χ1n) is 9.43. The van der Waals surface area contributed by atoms with E-state index in [2.05, 4.69) is 15.5 Å². The molecule has 0 saturated heterocycles. The number of methoxy groups -OCH3 is 1. The van der Waals surface area contributed by atoms with Crippen molar-refractivity contribution in [2.75, 3.05) is 18.7 Å². The van der Waals surface area contributed by atoms with Crippen LogP contribution in [-0.2, 0) is 15.9 Å². The van der Waals surface area contributed by atoms with Crippen LogP contribution in [0.1, 0.15) is 21.6 Å². The fourth-order valence-corrected chi connectivity index (χ4v) is 3.86. The van der Waals surface area contributed by atoms with Crippen molar-refractivity contribution in [3.63, 3.8) is 0 Å². The van der Waals surface area contributed by atoms with Gasteiger partial charge in [0.05, 0.1) is 21.9 Å². The number of para-hydroxylation sites is 1. The lowest BCUT2D eigenvalue weighted by molar-refractivity contribution is -0.142. The molecule has 0 radical (unpaired) electrons. The van der Waals surface area contributed by atoms with E-state index in [1.54, 1.807) is 6.07 Å². The van der Waals surface area contributed by atoms with E-state index in [9.17, 15) is 22.2 Å². The van der Waals surface area contributed by atoms with Gasteiger partial charge in [0.15, 0.2) is 17.2 Å². The van der Waals surface area contributed by atoms with E-state index in [0.717, 1.165) is 6.92 Å².